The summed E-state index contributed by atoms with van der Waals surface area (Å²) >= 11 is 0. The molecule has 0 aliphatic carbocycles. The maximum Gasteiger partial charge on any atom is 0.166 e. The molecule has 0 spiro atoms. The van der Waals surface area contributed by atoms with E-state index in [0.29, 0.717) is 28.6 Å². The van der Waals surface area contributed by atoms with Crippen LogP contribution in [0.3, 0.4) is 0 Å². The number of hydrogen-bond donors (Lipinski definition) is 0. The lowest BCUT2D eigenvalue weighted by atomic mass is 9.97. The monoisotopic (exact) mass is 677 g/mol. The number of rotatable bonds is 6. The Kier molecular flexibility index (Phi) is 7.78. The first kappa shape index (κ1) is 31.3. The van der Waals surface area contributed by atoms with Gasteiger partial charge < -0.3 is 4.57 Å². The minimum Gasteiger partial charge on any atom is -0.309 e. The summed E-state index contributed by atoms with van der Waals surface area (Å²) in [6.07, 6.45) is 3.63. The van der Waals surface area contributed by atoms with Gasteiger partial charge in [-0.3, -0.25) is 4.98 Å². The van der Waals surface area contributed by atoms with Gasteiger partial charge >= 0.3 is 0 Å². The van der Waals surface area contributed by atoms with Crippen LogP contribution in [-0.2, 0) is 0 Å². The Hall–Kier alpha value is -7.74. The zero-order valence-corrected chi connectivity index (χ0v) is 28.2. The molecule has 0 fully saturated rings. The van der Waals surface area contributed by atoms with E-state index in [0.717, 1.165) is 66.4 Å². The SMILES string of the molecule is N#Cc1ccc(-c2ccc3c(c2)c2ccccc2n3-c2ccc(-c3cccnc3)cc2-c2nc(-c3ccccc3)nc(-c3ccccc3)n2)c(C#N)c1. The summed E-state index contributed by atoms with van der Waals surface area (Å²) in [6, 6.07) is 54.5. The Labute approximate surface area is 305 Å². The van der Waals surface area contributed by atoms with Gasteiger partial charge in [0.1, 0.15) is 0 Å². The molecule has 9 rings (SSSR count). The number of nitrogens with zero attached hydrogens (tertiary/aromatic N) is 7. The highest BCUT2D eigenvalue weighted by Crippen LogP contribution is 2.40. The van der Waals surface area contributed by atoms with Crippen LogP contribution in [0.4, 0.5) is 0 Å². The van der Waals surface area contributed by atoms with Crippen molar-refractivity contribution in [3.05, 3.63) is 175 Å². The molecule has 0 amide bonds. The van der Waals surface area contributed by atoms with Gasteiger partial charge in [0.25, 0.3) is 0 Å². The van der Waals surface area contributed by atoms with E-state index in [-0.39, 0.29) is 0 Å². The molecule has 3 heterocycles. The van der Waals surface area contributed by atoms with Crippen molar-refractivity contribution in [2.45, 2.75) is 0 Å². The molecule has 0 aliphatic heterocycles. The lowest BCUT2D eigenvalue weighted by Gasteiger charge is -2.16. The smallest absolute Gasteiger partial charge is 0.166 e. The van der Waals surface area contributed by atoms with E-state index in [9.17, 15) is 10.5 Å². The van der Waals surface area contributed by atoms with Gasteiger partial charge in [0.05, 0.1) is 40.0 Å². The number of pyridine rings is 1. The zero-order chi connectivity index (χ0) is 35.7. The molecule has 53 heavy (non-hydrogen) atoms. The van der Waals surface area contributed by atoms with E-state index in [1.165, 1.54) is 0 Å². The molecular formula is C46H27N7. The maximum absolute atomic E-state index is 9.98. The van der Waals surface area contributed by atoms with Crippen molar-refractivity contribution in [1.29, 1.82) is 10.5 Å². The Morgan fingerprint density at radius 3 is 1.81 bits per heavy atom. The fourth-order valence-electron chi connectivity index (χ4n) is 6.91. The summed E-state index contributed by atoms with van der Waals surface area (Å²) in [5, 5.41) is 21.5. The first-order valence-electron chi connectivity index (χ1n) is 17.1. The number of benzene rings is 6. The van der Waals surface area contributed by atoms with Crippen LogP contribution in [0.15, 0.2) is 164 Å². The molecule has 3 aromatic heterocycles. The van der Waals surface area contributed by atoms with Gasteiger partial charge in [-0.1, -0.05) is 103 Å². The van der Waals surface area contributed by atoms with Crippen LogP contribution >= 0.6 is 0 Å². The number of aromatic nitrogens is 5. The first-order valence-corrected chi connectivity index (χ1v) is 17.1. The average Bonchev–Trinajstić information content (AvgIpc) is 3.57. The highest BCUT2D eigenvalue weighted by atomic mass is 15.1. The summed E-state index contributed by atoms with van der Waals surface area (Å²) in [5.74, 6) is 1.70. The predicted molar refractivity (Wildman–Crippen MR) is 209 cm³/mol. The Bertz CT molecular complexity index is 2850. The van der Waals surface area contributed by atoms with E-state index in [1.807, 2.05) is 103 Å². The lowest BCUT2D eigenvalue weighted by molar-refractivity contribution is 1.06. The van der Waals surface area contributed by atoms with E-state index in [2.05, 4.69) is 64.2 Å². The molecule has 0 saturated heterocycles. The van der Waals surface area contributed by atoms with Crippen LogP contribution in [-0.4, -0.2) is 24.5 Å². The lowest BCUT2D eigenvalue weighted by Crippen LogP contribution is -2.04. The minimum atomic E-state index is 0.453. The molecule has 6 aromatic carbocycles. The third-order valence-corrected chi connectivity index (χ3v) is 9.43. The number of hydrogen-bond acceptors (Lipinski definition) is 6. The first-order chi connectivity index (χ1) is 26.2. The van der Waals surface area contributed by atoms with E-state index in [1.54, 1.807) is 18.3 Å². The normalized spacial score (nSPS) is 11.0. The Morgan fingerprint density at radius 1 is 0.453 bits per heavy atom. The second-order valence-corrected chi connectivity index (χ2v) is 12.6. The molecule has 0 unspecified atom stereocenters. The van der Waals surface area contributed by atoms with Crippen LogP contribution < -0.4 is 0 Å². The molecule has 0 bridgehead atoms. The molecule has 0 aliphatic rings. The van der Waals surface area contributed by atoms with Gasteiger partial charge in [-0.15, -0.1) is 0 Å². The summed E-state index contributed by atoms with van der Waals surface area (Å²) in [5.41, 5.74) is 10.0. The summed E-state index contributed by atoms with van der Waals surface area (Å²) < 4.78 is 2.26. The van der Waals surface area contributed by atoms with Crippen LogP contribution in [0.1, 0.15) is 11.1 Å². The fraction of sp³-hybridized carbons (Fsp3) is 0. The largest absolute Gasteiger partial charge is 0.309 e. The van der Waals surface area contributed by atoms with Crippen LogP contribution in [0, 0.1) is 22.7 Å². The van der Waals surface area contributed by atoms with Gasteiger partial charge in [0.2, 0.25) is 0 Å². The number of nitriles is 2. The van der Waals surface area contributed by atoms with Crippen molar-refractivity contribution < 1.29 is 0 Å². The van der Waals surface area contributed by atoms with Gasteiger partial charge in [-0.25, -0.2) is 15.0 Å². The molecular weight excluding hydrogens is 651 g/mol. The molecule has 0 N–H and O–H groups in total. The zero-order valence-electron chi connectivity index (χ0n) is 28.2. The van der Waals surface area contributed by atoms with Crippen LogP contribution in [0.2, 0.25) is 0 Å². The maximum atomic E-state index is 9.98. The Morgan fingerprint density at radius 2 is 1.11 bits per heavy atom. The molecule has 9 aromatic rings. The topological polar surface area (TPSA) is 104 Å². The quantitative estimate of drug-likeness (QED) is 0.173. The minimum absolute atomic E-state index is 0.453. The molecule has 246 valence electrons. The van der Waals surface area contributed by atoms with Crippen molar-refractivity contribution >= 4 is 21.8 Å². The summed E-state index contributed by atoms with van der Waals surface area (Å²) in [4.78, 5) is 19.6. The molecule has 7 nitrogen and oxygen atoms in total. The number of fused-ring (bicyclic) bond motifs is 3. The van der Waals surface area contributed by atoms with Crippen LogP contribution in [0.5, 0.6) is 0 Å². The highest BCUT2D eigenvalue weighted by molar-refractivity contribution is 6.11. The van der Waals surface area contributed by atoms with Gasteiger partial charge in [-0.05, 0) is 65.2 Å². The van der Waals surface area contributed by atoms with Crippen molar-refractivity contribution in [3.63, 3.8) is 0 Å². The third kappa shape index (κ3) is 5.65. The summed E-state index contributed by atoms with van der Waals surface area (Å²) in [6.45, 7) is 0. The Balaban J connectivity index is 1.32. The predicted octanol–water partition coefficient (Wildman–Crippen LogP) is 10.4. The third-order valence-electron chi connectivity index (χ3n) is 9.43. The van der Waals surface area contributed by atoms with E-state index < -0.39 is 0 Å². The van der Waals surface area contributed by atoms with Gasteiger partial charge in [0, 0.05) is 45.4 Å². The molecule has 7 heteroatoms. The number of para-hydroxylation sites is 1. The second-order valence-electron chi connectivity index (χ2n) is 12.6. The van der Waals surface area contributed by atoms with Crippen molar-refractivity contribution in [2.24, 2.45) is 0 Å². The molecule has 0 saturated carbocycles. The van der Waals surface area contributed by atoms with Crippen LogP contribution in [0.25, 0.3) is 83.9 Å². The standard InChI is InChI=1S/C46H27N7/c47-27-30-17-20-37(36(24-30)28-48)34-19-22-42-39(26-34)38-15-7-8-16-41(38)53(42)43-21-18-33(35-14-9-23-49-29-35)25-40(43)46-51-44(31-10-3-1-4-11-31)50-45(52-46)32-12-5-2-6-13-32/h1-26,29H. The van der Waals surface area contributed by atoms with E-state index >= 15 is 0 Å². The van der Waals surface area contributed by atoms with Crippen molar-refractivity contribution in [2.75, 3.05) is 0 Å². The van der Waals surface area contributed by atoms with Gasteiger partial charge in [0.15, 0.2) is 17.5 Å². The van der Waals surface area contributed by atoms with Crippen molar-refractivity contribution in [1.82, 2.24) is 24.5 Å². The average molecular weight is 678 g/mol. The van der Waals surface area contributed by atoms with E-state index in [4.69, 9.17) is 15.0 Å². The summed E-state index contributed by atoms with van der Waals surface area (Å²) in [7, 11) is 0. The second kappa shape index (κ2) is 13.2. The highest BCUT2D eigenvalue weighted by Gasteiger charge is 2.21. The van der Waals surface area contributed by atoms with Gasteiger partial charge in [-0.2, -0.15) is 10.5 Å². The molecule has 0 atom stereocenters. The fourth-order valence-corrected chi connectivity index (χ4v) is 6.91. The molecule has 0 radical (unpaired) electrons. The van der Waals surface area contributed by atoms with Crippen molar-refractivity contribution in [3.8, 4) is 74.2 Å².